The molecule has 1 aliphatic carbocycles. The Hall–Kier alpha value is -1.86. The predicted octanol–water partition coefficient (Wildman–Crippen LogP) is 3.15. The zero-order chi connectivity index (χ0) is 15.2. The van der Waals surface area contributed by atoms with E-state index in [1.165, 1.54) is 12.8 Å². The maximum absolute atomic E-state index is 12.4. The van der Waals surface area contributed by atoms with E-state index in [0.29, 0.717) is 11.6 Å². The number of hydrogen-bond acceptors (Lipinski definition) is 3. The maximum atomic E-state index is 12.4. The average molecular weight is 285 g/mol. The number of anilines is 1. The molecule has 0 saturated heterocycles. The Balaban J connectivity index is 1.95. The van der Waals surface area contributed by atoms with Gasteiger partial charge in [0.1, 0.15) is 0 Å². The number of benzene rings is 1. The number of nitrogens with zero attached hydrogens (tertiary/aromatic N) is 2. The fraction of sp³-hybridized carbons (Fsp3) is 0.529. The Morgan fingerprint density at radius 1 is 1.43 bits per heavy atom. The van der Waals surface area contributed by atoms with E-state index in [2.05, 4.69) is 23.2 Å². The smallest absolute Gasteiger partial charge is 0.241 e. The maximum Gasteiger partial charge on any atom is 0.241 e. The molecule has 1 atom stereocenters. The molecule has 1 aromatic rings. The van der Waals surface area contributed by atoms with Crippen molar-refractivity contribution in [3.05, 3.63) is 29.8 Å². The van der Waals surface area contributed by atoms with Gasteiger partial charge in [0.15, 0.2) is 0 Å². The minimum atomic E-state index is -0.111. The van der Waals surface area contributed by atoms with Crippen molar-refractivity contribution in [2.24, 2.45) is 0 Å². The van der Waals surface area contributed by atoms with Gasteiger partial charge in [-0.15, -0.1) is 0 Å². The van der Waals surface area contributed by atoms with Gasteiger partial charge < -0.3 is 5.32 Å². The number of carbonyl (C=O) groups excluding carboxylic acids is 1. The zero-order valence-electron chi connectivity index (χ0n) is 12.8. The van der Waals surface area contributed by atoms with Crippen molar-refractivity contribution in [3.8, 4) is 6.07 Å². The number of nitrogens with one attached hydrogen (secondary N) is 1. The number of unbranched alkanes of at least 4 members (excludes halogenated alkanes) is 1. The van der Waals surface area contributed by atoms with Crippen molar-refractivity contribution in [1.82, 2.24) is 4.90 Å². The molecule has 0 bridgehead atoms. The number of hydrogen-bond donors (Lipinski definition) is 1. The van der Waals surface area contributed by atoms with Gasteiger partial charge in [-0.2, -0.15) is 5.26 Å². The van der Waals surface area contributed by atoms with E-state index in [1.54, 1.807) is 24.3 Å². The van der Waals surface area contributed by atoms with E-state index in [-0.39, 0.29) is 11.9 Å². The van der Waals surface area contributed by atoms with Crippen LogP contribution < -0.4 is 5.32 Å². The summed E-state index contributed by atoms with van der Waals surface area (Å²) >= 11 is 0. The van der Waals surface area contributed by atoms with Gasteiger partial charge >= 0.3 is 0 Å². The normalized spacial score (nSPS) is 15.5. The van der Waals surface area contributed by atoms with Crippen LogP contribution in [-0.2, 0) is 4.79 Å². The van der Waals surface area contributed by atoms with Crippen LogP contribution in [0, 0.1) is 11.3 Å². The quantitative estimate of drug-likeness (QED) is 0.837. The Bertz CT molecular complexity index is 514. The number of carbonyl (C=O) groups is 1. The van der Waals surface area contributed by atoms with Gasteiger partial charge in [-0.05, 0) is 57.0 Å². The van der Waals surface area contributed by atoms with Crippen LogP contribution in [0.2, 0.25) is 0 Å². The third kappa shape index (κ3) is 4.30. The molecule has 21 heavy (non-hydrogen) atoms. The molecular formula is C17H23N3O. The lowest BCUT2D eigenvalue weighted by Crippen LogP contribution is -2.43. The molecule has 0 spiro atoms. The summed E-state index contributed by atoms with van der Waals surface area (Å²) in [7, 11) is 0. The van der Waals surface area contributed by atoms with E-state index >= 15 is 0 Å². The highest BCUT2D eigenvalue weighted by molar-refractivity contribution is 5.94. The largest absolute Gasteiger partial charge is 0.325 e. The van der Waals surface area contributed by atoms with E-state index in [0.717, 1.165) is 25.1 Å². The third-order valence-electron chi connectivity index (χ3n) is 3.94. The van der Waals surface area contributed by atoms with E-state index < -0.39 is 0 Å². The van der Waals surface area contributed by atoms with E-state index in [9.17, 15) is 4.79 Å². The van der Waals surface area contributed by atoms with Crippen molar-refractivity contribution in [2.75, 3.05) is 11.9 Å². The minimum absolute atomic E-state index is 0.0303. The molecule has 4 heteroatoms. The topological polar surface area (TPSA) is 56.1 Å². The molecule has 1 aromatic carbocycles. The first-order valence-corrected chi connectivity index (χ1v) is 7.72. The molecule has 0 aromatic heterocycles. The molecule has 4 nitrogen and oxygen atoms in total. The second-order valence-electron chi connectivity index (χ2n) is 5.68. The summed E-state index contributed by atoms with van der Waals surface area (Å²) in [6, 6.07) is 9.53. The molecule has 1 N–H and O–H groups in total. The van der Waals surface area contributed by atoms with Crippen LogP contribution in [0.5, 0.6) is 0 Å². The Morgan fingerprint density at radius 3 is 2.62 bits per heavy atom. The van der Waals surface area contributed by atoms with Crippen molar-refractivity contribution in [2.45, 2.75) is 51.6 Å². The fourth-order valence-corrected chi connectivity index (χ4v) is 2.46. The second kappa shape index (κ2) is 7.24. The van der Waals surface area contributed by atoms with Crippen molar-refractivity contribution in [3.63, 3.8) is 0 Å². The lowest BCUT2D eigenvalue weighted by atomic mass is 10.2. The van der Waals surface area contributed by atoms with Gasteiger partial charge in [0, 0.05) is 11.7 Å². The Labute approximate surface area is 126 Å². The van der Waals surface area contributed by atoms with Crippen LogP contribution in [0.4, 0.5) is 5.69 Å². The summed E-state index contributed by atoms with van der Waals surface area (Å²) in [6.45, 7) is 5.14. The van der Waals surface area contributed by atoms with Gasteiger partial charge in [-0.25, -0.2) is 0 Å². The summed E-state index contributed by atoms with van der Waals surface area (Å²) in [4.78, 5) is 14.7. The standard InChI is InChI=1S/C17H23N3O/c1-3-4-11-20(16-9-10-16)13(2)17(21)19-15-7-5-14(12-18)6-8-15/h5-8,13,16H,3-4,9-11H2,1-2H3,(H,19,21). The molecular weight excluding hydrogens is 262 g/mol. The molecule has 1 unspecified atom stereocenters. The fourth-order valence-electron chi connectivity index (χ4n) is 2.46. The highest BCUT2D eigenvalue weighted by Crippen LogP contribution is 2.29. The first-order valence-electron chi connectivity index (χ1n) is 7.72. The van der Waals surface area contributed by atoms with Crippen LogP contribution in [0.25, 0.3) is 0 Å². The van der Waals surface area contributed by atoms with Gasteiger partial charge in [-0.3, -0.25) is 9.69 Å². The lowest BCUT2D eigenvalue weighted by molar-refractivity contribution is -0.121. The summed E-state index contributed by atoms with van der Waals surface area (Å²) in [6.07, 6.45) is 4.69. The highest BCUT2D eigenvalue weighted by Gasteiger charge is 2.34. The molecule has 1 saturated carbocycles. The van der Waals surface area contributed by atoms with E-state index in [4.69, 9.17) is 5.26 Å². The summed E-state index contributed by atoms with van der Waals surface area (Å²) in [5, 5.41) is 11.7. The van der Waals surface area contributed by atoms with Crippen LogP contribution in [0.1, 0.15) is 45.1 Å². The van der Waals surface area contributed by atoms with Crippen LogP contribution in [0.3, 0.4) is 0 Å². The van der Waals surface area contributed by atoms with Crippen LogP contribution in [0.15, 0.2) is 24.3 Å². The molecule has 112 valence electrons. The monoisotopic (exact) mass is 285 g/mol. The summed E-state index contributed by atoms with van der Waals surface area (Å²) in [5.74, 6) is 0.0303. The molecule has 1 amide bonds. The Morgan fingerprint density at radius 2 is 2.10 bits per heavy atom. The third-order valence-corrected chi connectivity index (χ3v) is 3.94. The van der Waals surface area contributed by atoms with E-state index in [1.807, 2.05) is 6.92 Å². The Kier molecular flexibility index (Phi) is 5.35. The van der Waals surface area contributed by atoms with Gasteiger partial charge in [0.25, 0.3) is 0 Å². The average Bonchev–Trinajstić information content (AvgIpc) is 3.33. The molecule has 0 radical (unpaired) electrons. The molecule has 1 fully saturated rings. The first-order chi connectivity index (χ1) is 10.2. The van der Waals surface area contributed by atoms with Gasteiger partial charge in [0.2, 0.25) is 5.91 Å². The minimum Gasteiger partial charge on any atom is -0.325 e. The first kappa shape index (κ1) is 15.5. The molecule has 2 rings (SSSR count). The van der Waals surface area contributed by atoms with Crippen molar-refractivity contribution < 1.29 is 4.79 Å². The van der Waals surface area contributed by atoms with Crippen LogP contribution >= 0.6 is 0 Å². The van der Waals surface area contributed by atoms with Crippen LogP contribution in [-0.4, -0.2) is 29.4 Å². The number of nitriles is 1. The van der Waals surface area contributed by atoms with Gasteiger partial charge in [-0.1, -0.05) is 13.3 Å². The second-order valence-corrected chi connectivity index (χ2v) is 5.68. The summed E-state index contributed by atoms with van der Waals surface area (Å²) < 4.78 is 0. The highest BCUT2D eigenvalue weighted by atomic mass is 16.2. The lowest BCUT2D eigenvalue weighted by Gasteiger charge is -2.28. The van der Waals surface area contributed by atoms with Crippen molar-refractivity contribution in [1.29, 1.82) is 5.26 Å². The predicted molar refractivity (Wildman–Crippen MR) is 83.9 cm³/mol. The number of amides is 1. The summed E-state index contributed by atoms with van der Waals surface area (Å²) in [5.41, 5.74) is 1.35. The SMILES string of the molecule is CCCCN(C1CC1)C(C)C(=O)Nc1ccc(C#N)cc1. The molecule has 1 aliphatic rings. The van der Waals surface area contributed by atoms with Gasteiger partial charge in [0.05, 0.1) is 17.7 Å². The molecule has 0 heterocycles. The zero-order valence-corrected chi connectivity index (χ0v) is 12.8. The molecule has 0 aliphatic heterocycles. The van der Waals surface area contributed by atoms with Crippen molar-refractivity contribution >= 4 is 11.6 Å². The number of rotatable bonds is 7.